The normalized spacial score (nSPS) is 24.8. The van der Waals surface area contributed by atoms with Crippen molar-refractivity contribution in [1.29, 1.82) is 0 Å². The summed E-state index contributed by atoms with van der Waals surface area (Å²) in [6.07, 6.45) is 1.98. The topological polar surface area (TPSA) is 46.6 Å². The lowest BCUT2D eigenvalue weighted by Gasteiger charge is -2.36. The van der Waals surface area contributed by atoms with E-state index in [1.807, 2.05) is 7.05 Å². The Hall–Kier alpha value is -0.980. The quantitative estimate of drug-likeness (QED) is 0.796. The van der Waals surface area contributed by atoms with Gasteiger partial charge in [0.15, 0.2) is 0 Å². The average Bonchev–Trinajstić information content (AvgIpc) is 2.37. The van der Waals surface area contributed by atoms with E-state index in [9.17, 15) is 12.8 Å². The van der Waals surface area contributed by atoms with Crippen LogP contribution in [0.1, 0.15) is 17.9 Å². The van der Waals surface area contributed by atoms with Crippen LogP contribution in [0.25, 0.3) is 0 Å². The number of hydrogen-bond donors (Lipinski definition) is 0. The zero-order chi connectivity index (χ0) is 14.8. The van der Waals surface area contributed by atoms with E-state index in [1.165, 1.54) is 12.1 Å². The first-order valence-electron chi connectivity index (χ1n) is 6.63. The second-order valence-corrected chi connectivity index (χ2v) is 7.10. The Kier molecular flexibility index (Phi) is 4.78. The van der Waals surface area contributed by atoms with Crippen molar-refractivity contribution in [1.82, 2.24) is 4.90 Å². The maximum absolute atomic E-state index is 13.0. The second kappa shape index (κ2) is 6.20. The van der Waals surface area contributed by atoms with Gasteiger partial charge in [-0.1, -0.05) is 12.1 Å². The highest BCUT2D eigenvalue weighted by molar-refractivity contribution is 7.85. The van der Waals surface area contributed by atoms with Crippen molar-refractivity contribution in [2.75, 3.05) is 33.0 Å². The molecule has 6 heteroatoms. The van der Waals surface area contributed by atoms with Crippen LogP contribution >= 0.6 is 0 Å². The van der Waals surface area contributed by atoms with Gasteiger partial charge in [-0.05, 0) is 43.6 Å². The molecule has 1 aliphatic rings. The third-order valence-electron chi connectivity index (χ3n) is 3.73. The van der Waals surface area contributed by atoms with E-state index in [0.29, 0.717) is 0 Å². The van der Waals surface area contributed by atoms with Gasteiger partial charge in [-0.15, -0.1) is 0 Å². The molecule has 0 aliphatic carbocycles. The lowest BCUT2D eigenvalue weighted by molar-refractivity contribution is 0.133. The summed E-state index contributed by atoms with van der Waals surface area (Å²) < 4.78 is 40.3. The molecule has 1 heterocycles. The summed E-state index contributed by atoms with van der Waals surface area (Å²) in [5.41, 5.74) is 1.04. The maximum atomic E-state index is 13.0. The number of rotatable bonds is 4. The van der Waals surface area contributed by atoms with Crippen molar-refractivity contribution in [3.8, 4) is 0 Å². The Bertz CT molecular complexity index is 544. The van der Waals surface area contributed by atoms with Gasteiger partial charge in [0.25, 0.3) is 10.1 Å². The molecule has 4 nitrogen and oxygen atoms in total. The summed E-state index contributed by atoms with van der Waals surface area (Å²) in [5.74, 6) is 0.0353. The number of piperidine rings is 1. The molecule has 2 atom stereocenters. The van der Waals surface area contributed by atoms with Gasteiger partial charge in [-0.2, -0.15) is 8.42 Å². The molecule has 112 valence electrons. The van der Waals surface area contributed by atoms with E-state index in [4.69, 9.17) is 4.18 Å². The summed E-state index contributed by atoms with van der Waals surface area (Å²) in [5, 5.41) is 0. The van der Waals surface area contributed by atoms with Crippen molar-refractivity contribution in [2.45, 2.75) is 12.3 Å². The van der Waals surface area contributed by atoms with Crippen LogP contribution in [-0.4, -0.2) is 46.3 Å². The number of benzene rings is 1. The van der Waals surface area contributed by atoms with Gasteiger partial charge in [-0.25, -0.2) is 4.39 Å². The van der Waals surface area contributed by atoms with E-state index in [1.54, 1.807) is 12.1 Å². The molecule has 1 aliphatic heterocycles. The fraction of sp³-hybridized carbons (Fsp3) is 0.571. The summed E-state index contributed by atoms with van der Waals surface area (Å²) in [4.78, 5) is 2.16. The number of halogens is 1. The van der Waals surface area contributed by atoms with Crippen LogP contribution in [0.2, 0.25) is 0 Å². The van der Waals surface area contributed by atoms with E-state index in [2.05, 4.69) is 4.90 Å². The maximum Gasteiger partial charge on any atom is 0.264 e. The third-order valence-corrected chi connectivity index (χ3v) is 4.30. The Morgan fingerprint density at radius 3 is 2.60 bits per heavy atom. The minimum atomic E-state index is -3.43. The zero-order valence-electron chi connectivity index (χ0n) is 11.8. The highest BCUT2D eigenvalue weighted by Gasteiger charge is 2.30. The summed E-state index contributed by atoms with van der Waals surface area (Å²) in [7, 11) is -1.42. The molecule has 0 amide bonds. The predicted octanol–water partition coefficient (Wildman–Crippen LogP) is 1.84. The van der Waals surface area contributed by atoms with Gasteiger partial charge in [0.05, 0.1) is 12.9 Å². The van der Waals surface area contributed by atoms with Crippen molar-refractivity contribution < 1.29 is 17.0 Å². The first-order chi connectivity index (χ1) is 9.35. The van der Waals surface area contributed by atoms with Crippen LogP contribution in [0.3, 0.4) is 0 Å². The fourth-order valence-electron chi connectivity index (χ4n) is 2.74. The highest BCUT2D eigenvalue weighted by atomic mass is 32.2. The highest BCUT2D eigenvalue weighted by Crippen LogP contribution is 2.33. The van der Waals surface area contributed by atoms with Crippen LogP contribution in [-0.2, 0) is 14.3 Å². The molecule has 2 rings (SSSR count). The third kappa shape index (κ3) is 4.26. The molecular weight excluding hydrogens is 281 g/mol. The minimum Gasteiger partial charge on any atom is -0.306 e. The molecule has 0 spiro atoms. The predicted molar refractivity (Wildman–Crippen MR) is 75.5 cm³/mol. The fourth-order valence-corrected chi connectivity index (χ4v) is 3.16. The molecule has 1 saturated heterocycles. The first kappa shape index (κ1) is 15.4. The van der Waals surface area contributed by atoms with Gasteiger partial charge in [0.1, 0.15) is 5.82 Å². The van der Waals surface area contributed by atoms with E-state index < -0.39 is 10.1 Å². The molecule has 0 saturated carbocycles. The van der Waals surface area contributed by atoms with Gasteiger partial charge < -0.3 is 4.90 Å². The number of nitrogens with zero attached hydrogens (tertiary/aromatic N) is 1. The molecule has 1 fully saturated rings. The smallest absolute Gasteiger partial charge is 0.264 e. The molecule has 1 unspecified atom stereocenters. The molecular formula is C14H20FNO3S. The summed E-state index contributed by atoms with van der Waals surface area (Å²) in [6, 6.07) is 6.45. The van der Waals surface area contributed by atoms with Crippen LogP contribution < -0.4 is 0 Å². The van der Waals surface area contributed by atoms with Crippen LogP contribution in [0.5, 0.6) is 0 Å². The van der Waals surface area contributed by atoms with Crippen LogP contribution in [0, 0.1) is 11.7 Å². The average molecular weight is 301 g/mol. The molecule has 1 aromatic rings. The first-order valence-corrected chi connectivity index (χ1v) is 8.45. The molecule has 1 aromatic carbocycles. The van der Waals surface area contributed by atoms with E-state index in [-0.39, 0.29) is 24.3 Å². The molecule has 0 aromatic heterocycles. The standard InChI is InChI=1S/C14H20FNO3S/c1-16-8-7-14(11-3-5-13(15)6-4-11)12(9-16)10-19-20(2,17)18/h3-6,12,14H,7-10H2,1-2H3/t12-,14?/m0/s1. The van der Waals surface area contributed by atoms with Gasteiger partial charge in [-0.3, -0.25) is 4.18 Å². The van der Waals surface area contributed by atoms with Crippen molar-refractivity contribution in [2.24, 2.45) is 5.92 Å². The largest absolute Gasteiger partial charge is 0.306 e. The van der Waals surface area contributed by atoms with E-state index in [0.717, 1.165) is 31.3 Å². The zero-order valence-corrected chi connectivity index (χ0v) is 12.6. The van der Waals surface area contributed by atoms with Gasteiger partial charge >= 0.3 is 0 Å². The van der Waals surface area contributed by atoms with Gasteiger partial charge in [0, 0.05) is 12.5 Å². The van der Waals surface area contributed by atoms with Crippen LogP contribution in [0.15, 0.2) is 24.3 Å². The summed E-state index contributed by atoms with van der Waals surface area (Å²) >= 11 is 0. The molecule has 20 heavy (non-hydrogen) atoms. The Morgan fingerprint density at radius 1 is 1.35 bits per heavy atom. The number of hydrogen-bond acceptors (Lipinski definition) is 4. The van der Waals surface area contributed by atoms with Crippen molar-refractivity contribution >= 4 is 10.1 Å². The van der Waals surface area contributed by atoms with Crippen LogP contribution in [0.4, 0.5) is 4.39 Å². The lowest BCUT2D eigenvalue weighted by atomic mass is 9.81. The molecule has 0 bridgehead atoms. The Morgan fingerprint density at radius 2 is 2.00 bits per heavy atom. The molecule has 0 radical (unpaired) electrons. The van der Waals surface area contributed by atoms with Crippen molar-refractivity contribution in [3.05, 3.63) is 35.6 Å². The second-order valence-electron chi connectivity index (χ2n) is 5.46. The van der Waals surface area contributed by atoms with Crippen molar-refractivity contribution in [3.63, 3.8) is 0 Å². The monoisotopic (exact) mass is 301 g/mol. The summed E-state index contributed by atoms with van der Waals surface area (Å²) in [6.45, 7) is 1.89. The SMILES string of the molecule is CN1CCC(c2ccc(F)cc2)[C@H](COS(C)(=O)=O)C1. The Balaban J connectivity index is 2.13. The minimum absolute atomic E-state index is 0.0916. The Labute approximate surface area is 119 Å². The molecule has 0 N–H and O–H groups in total. The number of likely N-dealkylation sites (tertiary alicyclic amines) is 1. The van der Waals surface area contributed by atoms with E-state index >= 15 is 0 Å². The van der Waals surface area contributed by atoms with Gasteiger partial charge in [0.2, 0.25) is 0 Å². The lowest BCUT2D eigenvalue weighted by Crippen LogP contribution is -2.39.